The van der Waals surface area contributed by atoms with Crippen LogP contribution in [-0.2, 0) is 29.3 Å². The Morgan fingerprint density at radius 3 is 1.32 bits per heavy atom. The first kappa shape index (κ1) is 56.6. The Morgan fingerprint density at radius 1 is 0.700 bits per heavy atom. The van der Waals surface area contributed by atoms with Crippen molar-refractivity contribution in [3.05, 3.63) is 0 Å². The average molecular weight is 795 g/mol. The van der Waals surface area contributed by atoms with Gasteiger partial charge in [0.15, 0.2) is 6.54 Å². The zero-order valence-corrected chi connectivity index (χ0v) is 37.1. The largest absolute Gasteiger partial charge is 1.00 e. The predicted molar refractivity (Wildman–Crippen MR) is 196 cm³/mol. The number of rotatable bonds is 27. The van der Waals surface area contributed by atoms with Crippen molar-refractivity contribution in [1.29, 1.82) is 0 Å². The Kier molecular flexibility index (Phi) is 34.3. The number of unbranched alkanes of at least 4 members (excludes halogenated alkanes) is 8. The number of quaternary nitrogens is 1. The molecule has 0 spiro atoms. The smallest absolute Gasteiger partial charge is 0.549 e. The van der Waals surface area contributed by atoms with Crippen LogP contribution < -0.4 is 34.7 Å². The van der Waals surface area contributed by atoms with Crippen LogP contribution in [0.15, 0.2) is 0 Å². The molecule has 0 radical (unpaired) electrons. The number of sulfone groups is 2. The van der Waals surface area contributed by atoms with Crippen LogP contribution in [0.4, 0.5) is 8.78 Å². The number of carboxylic acid groups (broad SMARTS) is 2. The Labute approximate surface area is 331 Å². The Hall–Kier alpha value is -0.0900. The Morgan fingerprint density at radius 2 is 1.02 bits per heavy atom. The summed E-state index contributed by atoms with van der Waals surface area (Å²) in [5.74, 6) is -1.54. The predicted octanol–water partition coefficient (Wildman–Crippen LogP) is 2.46. The van der Waals surface area contributed by atoms with E-state index in [-0.39, 0.29) is 53.4 Å². The van der Waals surface area contributed by atoms with Gasteiger partial charge in [0.1, 0.15) is 31.0 Å². The summed E-state index contributed by atoms with van der Waals surface area (Å²) in [6.07, 6.45) is 10.5. The van der Waals surface area contributed by atoms with Gasteiger partial charge in [0.25, 0.3) is 0 Å². The van der Waals surface area contributed by atoms with E-state index < -0.39 is 48.8 Å². The minimum Gasteiger partial charge on any atom is -0.549 e. The van der Waals surface area contributed by atoms with Crippen molar-refractivity contribution in [2.75, 3.05) is 76.7 Å². The maximum absolute atomic E-state index is 13.3. The normalized spacial score (nSPS) is 12.3. The first-order valence-electron chi connectivity index (χ1n) is 17.5. The molecular weight excluding hydrogens is 725 g/mol. The molecule has 0 aliphatic carbocycles. The molecule has 1 N–H and O–H groups in total. The molecule has 16 heteroatoms. The van der Waals surface area contributed by atoms with Crippen LogP contribution in [0.1, 0.15) is 118 Å². The van der Waals surface area contributed by atoms with Gasteiger partial charge in [0.05, 0.1) is 55.5 Å². The van der Waals surface area contributed by atoms with Crippen molar-refractivity contribution in [2.24, 2.45) is 0 Å². The van der Waals surface area contributed by atoms with Gasteiger partial charge in [-0.2, -0.15) is 0 Å². The monoisotopic (exact) mass is 793 g/mol. The summed E-state index contributed by atoms with van der Waals surface area (Å²) in [6, 6.07) is 0. The van der Waals surface area contributed by atoms with E-state index in [0.29, 0.717) is 55.3 Å². The van der Waals surface area contributed by atoms with Gasteiger partial charge in [0, 0.05) is 0 Å². The van der Waals surface area contributed by atoms with Crippen LogP contribution in [0.25, 0.3) is 0 Å². The quantitative estimate of drug-likeness (QED) is 0.0574. The standard InChI is InChI=1S/C17H34FNO4S.C15H32FNO2S.C2H3ClO2.Na/c1-17(2,18)11-7-5-6-9-13-24(22,23)14-10-8-12-19(3,4)15-16(20)21;1-15(2,16)11-7-5-6-9-13-20(18,19)14-10-8-12-17(3)4;3-1-2(4)5;/h5-15H2,1-4H3;5-14H2,1-4H3;1H2,(H,4,5);/q;;;+1. The SMILES string of the molecule is CC(C)(F)CCCCCCS(=O)(=O)CCCC[N+](C)(C)CC(=O)O.CN(C)CCCCS(=O)(=O)CCCCCCC(C)(C)F.O=C([O-])CCl.[Na+]. The summed E-state index contributed by atoms with van der Waals surface area (Å²) < 4.78 is 74.4. The molecule has 296 valence electrons. The molecule has 50 heavy (non-hydrogen) atoms. The van der Waals surface area contributed by atoms with Crippen molar-refractivity contribution in [1.82, 2.24) is 4.90 Å². The first-order chi connectivity index (χ1) is 22.2. The van der Waals surface area contributed by atoms with Crippen molar-refractivity contribution in [3.63, 3.8) is 0 Å². The van der Waals surface area contributed by atoms with Crippen molar-refractivity contribution in [2.45, 2.75) is 129 Å². The minimum atomic E-state index is -3.04. The number of hydrogen-bond acceptors (Lipinski definition) is 8. The molecule has 0 unspecified atom stereocenters. The molecule has 0 rings (SSSR count). The maximum Gasteiger partial charge on any atom is 1.00 e. The van der Waals surface area contributed by atoms with Gasteiger partial charge in [-0.25, -0.2) is 30.4 Å². The number of halogens is 3. The molecule has 0 aromatic rings. The molecule has 0 fully saturated rings. The van der Waals surface area contributed by atoms with E-state index in [0.717, 1.165) is 57.9 Å². The third-order valence-corrected chi connectivity index (χ3v) is 11.3. The van der Waals surface area contributed by atoms with E-state index in [1.807, 2.05) is 28.2 Å². The fourth-order valence-corrected chi connectivity index (χ4v) is 7.69. The average Bonchev–Trinajstić information content (AvgIpc) is 2.92. The minimum absolute atomic E-state index is 0. The first-order valence-corrected chi connectivity index (χ1v) is 21.6. The molecule has 10 nitrogen and oxygen atoms in total. The number of alkyl halides is 3. The summed E-state index contributed by atoms with van der Waals surface area (Å²) in [7, 11) is 1.73. The topological polar surface area (TPSA) is 149 Å². The molecule has 0 aliphatic rings. The van der Waals surface area contributed by atoms with E-state index in [9.17, 15) is 30.4 Å². The van der Waals surface area contributed by atoms with Crippen LogP contribution in [0.2, 0.25) is 0 Å². The number of carboxylic acids is 2. The maximum atomic E-state index is 13.3. The van der Waals surface area contributed by atoms with Gasteiger partial charge >= 0.3 is 35.5 Å². The molecule has 0 bridgehead atoms. The van der Waals surface area contributed by atoms with E-state index in [4.69, 9.17) is 15.0 Å². The zero-order chi connectivity index (χ0) is 38.8. The fraction of sp³-hybridized carbons (Fsp3) is 0.941. The Bertz CT molecular complexity index is 1080. The Balaban J connectivity index is -0.000000370. The summed E-state index contributed by atoms with van der Waals surface area (Å²) >= 11 is 4.67. The molecule has 0 heterocycles. The van der Waals surface area contributed by atoms with Gasteiger partial charge in [-0.15, -0.1) is 11.6 Å². The summed E-state index contributed by atoms with van der Waals surface area (Å²) in [5, 5.41) is 17.9. The van der Waals surface area contributed by atoms with E-state index in [1.165, 1.54) is 0 Å². The second kappa shape index (κ2) is 30.3. The van der Waals surface area contributed by atoms with Crippen molar-refractivity contribution < 1.29 is 79.5 Å². The van der Waals surface area contributed by atoms with E-state index in [1.54, 1.807) is 27.7 Å². The van der Waals surface area contributed by atoms with Gasteiger partial charge in [-0.3, -0.25) is 0 Å². The third kappa shape index (κ3) is 50.0. The zero-order valence-electron chi connectivity index (χ0n) is 32.7. The van der Waals surface area contributed by atoms with Gasteiger partial charge in [0.2, 0.25) is 0 Å². The third-order valence-electron chi connectivity index (χ3n) is 7.41. The van der Waals surface area contributed by atoms with Crippen molar-refractivity contribution >= 4 is 43.2 Å². The molecule has 0 saturated heterocycles. The van der Waals surface area contributed by atoms with Gasteiger partial charge in [-0.05, 0) is 99.7 Å². The van der Waals surface area contributed by atoms with Gasteiger partial charge < -0.3 is 24.4 Å². The molecule has 0 atom stereocenters. The van der Waals surface area contributed by atoms with Crippen LogP contribution in [0.3, 0.4) is 0 Å². The number of likely N-dealkylation sites (N-methyl/N-ethyl adjacent to an activating group) is 1. The number of carbonyl (C=O) groups is 2. The van der Waals surface area contributed by atoms with Crippen LogP contribution in [0.5, 0.6) is 0 Å². The fourth-order valence-electron chi connectivity index (χ4n) is 4.70. The van der Waals surface area contributed by atoms with Gasteiger partial charge in [-0.1, -0.05) is 38.5 Å². The molecular formula is C34H69ClF2N2NaO8S2+. The number of hydrogen-bond donors (Lipinski definition) is 1. The molecule has 0 aromatic carbocycles. The second-order valence-electron chi connectivity index (χ2n) is 15.0. The van der Waals surface area contributed by atoms with Crippen molar-refractivity contribution in [3.8, 4) is 0 Å². The number of aliphatic carboxylic acids is 2. The van der Waals surface area contributed by atoms with Crippen LogP contribution in [-0.4, -0.2) is 131 Å². The van der Waals surface area contributed by atoms with E-state index in [2.05, 4.69) is 16.5 Å². The second-order valence-corrected chi connectivity index (χ2v) is 19.9. The van der Waals surface area contributed by atoms with Crippen LogP contribution >= 0.6 is 11.6 Å². The van der Waals surface area contributed by atoms with E-state index >= 15 is 0 Å². The summed E-state index contributed by atoms with van der Waals surface area (Å²) in [4.78, 5) is 21.9. The summed E-state index contributed by atoms with van der Waals surface area (Å²) in [6.45, 7) is 7.94. The molecule has 0 saturated carbocycles. The summed E-state index contributed by atoms with van der Waals surface area (Å²) in [5.41, 5.74) is -2.24. The van der Waals surface area contributed by atoms with Crippen LogP contribution in [0, 0.1) is 0 Å². The number of nitrogens with zero attached hydrogens (tertiary/aromatic N) is 2. The molecule has 0 aliphatic heterocycles. The number of carbonyl (C=O) groups excluding carboxylic acids is 1. The molecule has 0 aromatic heterocycles. The molecule has 0 amide bonds.